The molecule has 0 N–H and O–H groups in total. The van der Waals surface area contributed by atoms with Gasteiger partial charge >= 0.3 is 0 Å². The molecule has 3 rings (SSSR count). The molecule has 0 saturated heterocycles. The standard InChI is InChI=1S/C33H49N5/c1-34(2)20-22-36(28-31-14-8-5-9-15-31)24-26-38(30-33-18-12-7-13-19-33)27-25-37(23-21-35(3)4)29-32-16-10-6-11-17-32/h5-19H,20-30H2,1-4H3. The maximum atomic E-state index is 2.65. The second-order valence-electron chi connectivity index (χ2n) is 10.9. The summed E-state index contributed by atoms with van der Waals surface area (Å²) < 4.78 is 0. The molecule has 206 valence electrons. The molecule has 0 amide bonds. The fraction of sp³-hybridized carbons (Fsp3) is 0.455. The highest BCUT2D eigenvalue weighted by Crippen LogP contribution is 2.10. The first-order chi connectivity index (χ1) is 18.5. The van der Waals surface area contributed by atoms with Gasteiger partial charge in [0.15, 0.2) is 0 Å². The van der Waals surface area contributed by atoms with Crippen molar-refractivity contribution in [1.29, 1.82) is 0 Å². The molecule has 3 aromatic rings. The maximum absolute atomic E-state index is 2.65. The lowest BCUT2D eigenvalue weighted by Crippen LogP contribution is -2.41. The van der Waals surface area contributed by atoms with Crippen molar-refractivity contribution in [3.05, 3.63) is 108 Å². The minimum atomic E-state index is 0.987. The molecule has 0 heterocycles. The number of likely N-dealkylation sites (N-methyl/N-ethyl adjacent to an activating group) is 2. The fourth-order valence-electron chi connectivity index (χ4n) is 4.58. The molecule has 0 unspecified atom stereocenters. The second-order valence-corrected chi connectivity index (χ2v) is 10.9. The summed E-state index contributed by atoms with van der Waals surface area (Å²) in [5.41, 5.74) is 4.16. The van der Waals surface area contributed by atoms with Crippen molar-refractivity contribution in [2.75, 3.05) is 80.5 Å². The average Bonchev–Trinajstić information content (AvgIpc) is 2.92. The Morgan fingerprint density at radius 2 is 0.579 bits per heavy atom. The van der Waals surface area contributed by atoms with E-state index in [2.05, 4.69) is 144 Å². The minimum absolute atomic E-state index is 0.987. The lowest BCUT2D eigenvalue weighted by Gasteiger charge is -2.31. The number of benzene rings is 3. The summed E-state index contributed by atoms with van der Waals surface area (Å²) in [7, 11) is 8.66. The Morgan fingerprint density at radius 3 is 0.816 bits per heavy atom. The summed E-state index contributed by atoms with van der Waals surface area (Å²) in [5, 5.41) is 0. The van der Waals surface area contributed by atoms with Gasteiger partial charge in [-0.1, -0.05) is 91.0 Å². The average molecular weight is 516 g/mol. The van der Waals surface area contributed by atoms with Crippen molar-refractivity contribution >= 4 is 0 Å². The zero-order valence-electron chi connectivity index (χ0n) is 24.2. The second kappa shape index (κ2) is 17.1. The molecule has 38 heavy (non-hydrogen) atoms. The molecule has 0 aliphatic carbocycles. The maximum Gasteiger partial charge on any atom is 0.0234 e. The zero-order valence-corrected chi connectivity index (χ0v) is 24.2. The molecule has 0 bridgehead atoms. The highest BCUT2D eigenvalue weighted by molar-refractivity contribution is 5.16. The van der Waals surface area contributed by atoms with Gasteiger partial charge in [0.2, 0.25) is 0 Å². The van der Waals surface area contributed by atoms with E-state index in [0.29, 0.717) is 0 Å². The third kappa shape index (κ3) is 12.3. The van der Waals surface area contributed by atoms with Crippen LogP contribution in [0.2, 0.25) is 0 Å². The summed E-state index contributed by atoms with van der Waals surface area (Å²) in [6.45, 7) is 11.5. The normalized spacial score (nSPS) is 11.9. The Bertz CT molecular complexity index is 917. The molecule has 0 aromatic heterocycles. The van der Waals surface area contributed by atoms with Gasteiger partial charge in [-0.2, -0.15) is 0 Å². The van der Waals surface area contributed by atoms with Gasteiger partial charge in [-0.3, -0.25) is 14.7 Å². The van der Waals surface area contributed by atoms with Crippen LogP contribution >= 0.6 is 0 Å². The molecule has 0 spiro atoms. The Balaban J connectivity index is 1.66. The van der Waals surface area contributed by atoms with E-state index in [0.717, 1.165) is 72.0 Å². The fourth-order valence-corrected chi connectivity index (χ4v) is 4.58. The van der Waals surface area contributed by atoms with Gasteiger partial charge in [0.1, 0.15) is 0 Å². The number of rotatable bonds is 18. The van der Waals surface area contributed by atoms with Crippen molar-refractivity contribution in [2.24, 2.45) is 0 Å². The van der Waals surface area contributed by atoms with Crippen LogP contribution in [0, 0.1) is 0 Å². The van der Waals surface area contributed by atoms with Crippen molar-refractivity contribution in [3.8, 4) is 0 Å². The first-order valence-electron chi connectivity index (χ1n) is 14.1. The molecule has 0 saturated carbocycles. The topological polar surface area (TPSA) is 16.2 Å². The number of hydrogen-bond donors (Lipinski definition) is 0. The third-order valence-electron chi connectivity index (χ3n) is 6.94. The molecular weight excluding hydrogens is 466 g/mol. The van der Waals surface area contributed by atoms with Gasteiger partial charge in [-0.15, -0.1) is 0 Å². The zero-order chi connectivity index (χ0) is 27.0. The molecule has 5 nitrogen and oxygen atoms in total. The van der Waals surface area contributed by atoms with Crippen molar-refractivity contribution in [2.45, 2.75) is 19.6 Å². The SMILES string of the molecule is CN(C)CCN(CCN(CCN(CCN(C)C)Cc1ccccc1)Cc1ccccc1)Cc1ccccc1. The van der Waals surface area contributed by atoms with Crippen LogP contribution in [0.4, 0.5) is 0 Å². The van der Waals surface area contributed by atoms with Crippen LogP contribution in [-0.4, -0.2) is 105 Å². The molecule has 3 aromatic carbocycles. The predicted molar refractivity (Wildman–Crippen MR) is 162 cm³/mol. The van der Waals surface area contributed by atoms with Crippen LogP contribution in [0.25, 0.3) is 0 Å². The Kier molecular flexibility index (Phi) is 13.5. The molecule has 0 aliphatic heterocycles. The van der Waals surface area contributed by atoms with E-state index in [4.69, 9.17) is 0 Å². The summed E-state index contributed by atoms with van der Waals surface area (Å²) in [6, 6.07) is 32.7. The van der Waals surface area contributed by atoms with Crippen molar-refractivity contribution in [3.63, 3.8) is 0 Å². The van der Waals surface area contributed by atoms with Gasteiger partial charge in [-0.05, 0) is 44.9 Å². The smallest absolute Gasteiger partial charge is 0.0234 e. The third-order valence-corrected chi connectivity index (χ3v) is 6.94. The van der Waals surface area contributed by atoms with E-state index in [1.54, 1.807) is 0 Å². The number of nitrogens with zero attached hydrogens (tertiary/aromatic N) is 5. The quantitative estimate of drug-likeness (QED) is 0.245. The van der Waals surface area contributed by atoms with Gasteiger partial charge in [-0.25, -0.2) is 0 Å². The van der Waals surface area contributed by atoms with Crippen LogP contribution in [0.3, 0.4) is 0 Å². The first kappa shape index (κ1) is 30.0. The Morgan fingerprint density at radius 1 is 0.342 bits per heavy atom. The van der Waals surface area contributed by atoms with Crippen LogP contribution in [0.5, 0.6) is 0 Å². The lowest BCUT2D eigenvalue weighted by atomic mass is 10.2. The predicted octanol–water partition coefficient (Wildman–Crippen LogP) is 4.62. The van der Waals surface area contributed by atoms with E-state index in [-0.39, 0.29) is 0 Å². The minimum Gasteiger partial charge on any atom is -0.308 e. The van der Waals surface area contributed by atoms with E-state index in [1.165, 1.54) is 16.7 Å². The van der Waals surface area contributed by atoms with Gasteiger partial charge in [0.05, 0.1) is 0 Å². The highest BCUT2D eigenvalue weighted by Gasteiger charge is 2.14. The summed E-state index contributed by atoms with van der Waals surface area (Å²) in [6.07, 6.45) is 0. The summed E-state index contributed by atoms with van der Waals surface area (Å²) in [5.74, 6) is 0. The molecule has 0 atom stereocenters. The molecule has 0 aliphatic rings. The van der Waals surface area contributed by atoms with Crippen LogP contribution in [0.15, 0.2) is 91.0 Å². The largest absolute Gasteiger partial charge is 0.308 e. The summed E-state index contributed by atoms with van der Waals surface area (Å²) in [4.78, 5) is 12.4. The van der Waals surface area contributed by atoms with Crippen LogP contribution in [0.1, 0.15) is 16.7 Å². The molecular formula is C33H49N5. The van der Waals surface area contributed by atoms with Gasteiger partial charge in [0.25, 0.3) is 0 Å². The van der Waals surface area contributed by atoms with Crippen LogP contribution < -0.4 is 0 Å². The van der Waals surface area contributed by atoms with E-state index >= 15 is 0 Å². The summed E-state index contributed by atoms with van der Waals surface area (Å²) >= 11 is 0. The van der Waals surface area contributed by atoms with Gasteiger partial charge in [0, 0.05) is 72.0 Å². The van der Waals surface area contributed by atoms with E-state index < -0.39 is 0 Å². The van der Waals surface area contributed by atoms with E-state index in [1.807, 2.05) is 0 Å². The first-order valence-corrected chi connectivity index (χ1v) is 14.1. The van der Waals surface area contributed by atoms with Crippen LogP contribution in [-0.2, 0) is 19.6 Å². The molecule has 0 fully saturated rings. The van der Waals surface area contributed by atoms with E-state index in [9.17, 15) is 0 Å². The Labute approximate surface area is 232 Å². The highest BCUT2D eigenvalue weighted by atomic mass is 15.2. The van der Waals surface area contributed by atoms with Crippen molar-refractivity contribution < 1.29 is 0 Å². The van der Waals surface area contributed by atoms with Gasteiger partial charge < -0.3 is 9.80 Å². The van der Waals surface area contributed by atoms with Crippen molar-refractivity contribution in [1.82, 2.24) is 24.5 Å². The number of hydrogen-bond acceptors (Lipinski definition) is 5. The monoisotopic (exact) mass is 515 g/mol. The molecule has 0 radical (unpaired) electrons. The lowest BCUT2D eigenvalue weighted by molar-refractivity contribution is 0.155. The Hall–Kier alpha value is -2.54. The molecule has 5 heteroatoms.